The first-order valence-corrected chi connectivity index (χ1v) is 9.89. The van der Waals surface area contributed by atoms with Crippen LogP contribution in [0, 0.1) is 5.92 Å². The van der Waals surface area contributed by atoms with Crippen molar-refractivity contribution >= 4 is 28.4 Å². The maximum absolute atomic E-state index is 4.82. The van der Waals surface area contributed by atoms with E-state index in [9.17, 15) is 0 Å². The molecule has 21 heavy (non-hydrogen) atoms. The molecule has 1 saturated carbocycles. The van der Waals surface area contributed by atoms with Gasteiger partial charge in [0, 0.05) is 11.4 Å². The van der Waals surface area contributed by atoms with Gasteiger partial charge in [0.15, 0.2) is 0 Å². The highest BCUT2D eigenvalue weighted by Crippen LogP contribution is 2.39. The van der Waals surface area contributed by atoms with Crippen LogP contribution in [0.1, 0.15) is 52.9 Å². The van der Waals surface area contributed by atoms with Crippen molar-refractivity contribution in [3.63, 3.8) is 0 Å². The molecule has 0 radical (unpaired) electrons. The molecule has 0 N–H and O–H groups in total. The van der Waals surface area contributed by atoms with Gasteiger partial charge in [-0.3, -0.25) is 0 Å². The predicted molar refractivity (Wildman–Crippen MR) is 100 cm³/mol. The fourth-order valence-corrected chi connectivity index (χ4v) is 5.22. The minimum absolute atomic E-state index is 0.128. The Hall–Kier alpha value is -0.345. The molecule has 0 spiro atoms. The number of rotatable bonds is 6. The molecule has 2 nitrogen and oxygen atoms in total. The lowest BCUT2D eigenvalue weighted by atomic mass is 9.71. The maximum Gasteiger partial charge on any atom is 0.242 e. The average molecular weight is 307 g/mol. The summed E-state index contributed by atoms with van der Waals surface area (Å²) in [6.45, 7) is 10.5. The first kappa shape index (κ1) is 17.0. The lowest BCUT2D eigenvalue weighted by Crippen LogP contribution is -2.35. The Balaban J connectivity index is 2.06. The van der Waals surface area contributed by atoms with E-state index in [0.717, 1.165) is 10.5 Å². The second kappa shape index (κ2) is 6.41. The maximum atomic E-state index is 4.82. The summed E-state index contributed by atoms with van der Waals surface area (Å²) in [5.41, 5.74) is 1.40. The van der Waals surface area contributed by atoms with Crippen molar-refractivity contribution in [1.82, 2.24) is 0 Å². The van der Waals surface area contributed by atoms with Crippen LogP contribution in [0.15, 0.2) is 16.8 Å². The van der Waals surface area contributed by atoms with E-state index in [0.29, 0.717) is 10.7 Å². The van der Waals surface area contributed by atoms with Crippen molar-refractivity contribution in [3.05, 3.63) is 11.7 Å². The summed E-state index contributed by atoms with van der Waals surface area (Å²) in [4.78, 5) is 0. The Morgan fingerprint density at radius 1 is 1.43 bits per heavy atom. The Labute approximate surface area is 134 Å². The second-order valence-corrected chi connectivity index (χ2v) is 10.3. The normalized spacial score (nSPS) is 28.0. The van der Waals surface area contributed by atoms with Gasteiger partial charge in [0.25, 0.3) is 0 Å². The standard InChI is InChI=1S/C17H32BN2S/c1-7-17(2,3)21(6)18(4)16-12-19-20(5,14-16)13-15-10-8-9-11-15/h12,14-15H,6-11,13H2,1-5H3/q+1. The summed E-state index contributed by atoms with van der Waals surface area (Å²) in [6.07, 6.45) is 11.3. The Morgan fingerprint density at radius 3 is 2.62 bits per heavy atom. The van der Waals surface area contributed by atoms with E-state index in [1.54, 1.807) is 0 Å². The molecule has 1 aliphatic carbocycles. The van der Waals surface area contributed by atoms with Gasteiger partial charge in [-0.15, -0.1) is 0 Å². The number of quaternary nitrogens is 1. The van der Waals surface area contributed by atoms with Crippen LogP contribution in [0.3, 0.4) is 0 Å². The number of allylic oxidation sites excluding steroid dienone is 1. The van der Waals surface area contributed by atoms with Crippen molar-refractivity contribution in [1.29, 1.82) is 0 Å². The van der Waals surface area contributed by atoms with E-state index < -0.39 is 0 Å². The Bertz CT molecular complexity index is 463. The molecule has 2 atom stereocenters. The second-order valence-electron chi connectivity index (χ2n) is 7.60. The molecule has 1 aliphatic heterocycles. The molecule has 118 valence electrons. The molecule has 2 rings (SSSR count). The third kappa shape index (κ3) is 3.90. The Kier molecular flexibility index (Phi) is 5.20. The van der Waals surface area contributed by atoms with E-state index in [-0.39, 0.29) is 10.3 Å². The summed E-state index contributed by atoms with van der Waals surface area (Å²) in [5.74, 6) is 5.87. The quantitative estimate of drug-likeness (QED) is 0.387. The van der Waals surface area contributed by atoms with Crippen molar-refractivity contribution in [2.45, 2.75) is 64.4 Å². The Morgan fingerprint density at radius 2 is 2.05 bits per heavy atom. The zero-order chi connectivity index (χ0) is 15.7. The topological polar surface area (TPSA) is 12.4 Å². The van der Waals surface area contributed by atoms with Gasteiger partial charge in [0.2, 0.25) is 5.99 Å². The molecule has 0 aromatic heterocycles. The summed E-state index contributed by atoms with van der Waals surface area (Å²) in [5, 5.41) is 4.82. The van der Waals surface area contributed by atoms with Crippen LogP contribution in [-0.2, 0) is 0 Å². The zero-order valence-electron chi connectivity index (χ0n) is 14.6. The molecule has 0 aromatic carbocycles. The lowest BCUT2D eigenvalue weighted by Gasteiger charge is -2.30. The van der Waals surface area contributed by atoms with Gasteiger partial charge in [-0.05, 0) is 24.0 Å². The van der Waals surface area contributed by atoms with Crippen LogP contribution >= 0.6 is 10.3 Å². The monoisotopic (exact) mass is 307 g/mol. The average Bonchev–Trinajstić information content (AvgIpc) is 3.07. The van der Waals surface area contributed by atoms with Crippen LogP contribution in [0.2, 0.25) is 6.82 Å². The first-order chi connectivity index (χ1) is 9.77. The van der Waals surface area contributed by atoms with Crippen LogP contribution in [-0.4, -0.2) is 41.0 Å². The van der Waals surface area contributed by atoms with Crippen molar-refractivity contribution < 1.29 is 4.59 Å². The van der Waals surface area contributed by atoms with E-state index >= 15 is 0 Å². The minimum atomic E-state index is 0.128. The zero-order valence-corrected chi connectivity index (χ0v) is 15.4. The van der Waals surface area contributed by atoms with Gasteiger partial charge in [-0.1, -0.05) is 51.4 Å². The van der Waals surface area contributed by atoms with E-state index in [1.807, 2.05) is 0 Å². The highest BCUT2D eigenvalue weighted by atomic mass is 32.2. The first-order valence-electron chi connectivity index (χ1n) is 8.44. The summed E-state index contributed by atoms with van der Waals surface area (Å²) in [6, 6.07) is 0. The lowest BCUT2D eigenvalue weighted by molar-refractivity contribution is -0.867. The number of nitrogens with zero attached hydrogens (tertiary/aromatic N) is 2. The number of hydrogen-bond acceptors (Lipinski definition) is 1. The highest BCUT2D eigenvalue weighted by Gasteiger charge is 2.35. The molecule has 4 heteroatoms. The molecule has 1 fully saturated rings. The van der Waals surface area contributed by atoms with Gasteiger partial charge in [-0.25, -0.2) is 10.3 Å². The predicted octanol–water partition coefficient (Wildman–Crippen LogP) is 4.56. The fraction of sp³-hybridized carbons (Fsp3) is 0.765. The minimum Gasteiger partial charge on any atom is -0.219 e. The largest absolute Gasteiger partial charge is 0.242 e. The van der Waals surface area contributed by atoms with Gasteiger partial charge in [0.05, 0.1) is 13.3 Å². The molecular formula is C17H32BN2S+. The molecule has 0 saturated heterocycles. The van der Waals surface area contributed by atoms with Crippen LogP contribution in [0.25, 0.3) is 0 Å². The molecular weight excluding hydrogens is 275 g/mol. The smallest absolute Gasteiger partial charge is 0.219 e. The van der Waals surface area contributed by atoms with Gasteiger partial charge in [0.1, 0.15) is 12.7 Å². The third-order valence-corrected chi connectivity index (χ3v) is 8.29. The van der Waals surface area contributed by atoms with Crippen LogP contribution < -0.4 is 0 Å². The van der Waals surface area contributed by atoms with Gasteiger partial charge < -0.3 is 0 Å². The van der Waals surface area contributed by atoms with E-state index in [4.69, 9.17) is 5.10 Å². The molecule has 1 heterocycles. The molecule has 0 bridgehead atoms. The summed E-state index contributed by atoms with van der Waals surface area (Å²) < 4.78 is 1.07. The van der Waals surface area contributed by atoms with E-state index in [1.165, 1.54) is 44.1 Å². The summed E-state index contributed by atoms with van der Waals surface area (Å²) >= 11 is 0. The van der Waals surface area contributed by atoms with Crippen molar-refractivity contribution in [3.8, 4) is 0 Å². The van der Waals surface area contributed by atoms with Crippen molar-refractivity contribution in [2.75, 3.05) is 13.6 Å². The van der Waals surface area contributed by atoms with Gasteiger partial charge >= 0.3 is 0 Å². The SMILES string of the molecule is C=S(B(C)C1=C[N+](C)(CC2CCCC2)N=C1)C(C)(C)CC. The van der Waals surface area contributed by atoms with Crippen LogP contribution in [0.4, 0.5) is 0 Å². The number of hydrogen-bond donors (Lipinski definition) is 0. The molecule has 2 unspecified atom stereocenters. The fourth-order valence-electron chi connectivity index (χ4n) is 3.44. The van der Waals surface area contributed by atoms with E-state index in [2.05, 4.69) is 52.9 Å². The highest BCUT2D eigenvalue weighted by molar-refractivity contribution is 8.38. The molecule has 0 aromatic rings. The van der Waals surface area contributed by atoms with Crippen LogP contribution in [0.5, 0.6) is 0 Å². The third-order valence-electron chi connectivity index (χ3n) is 5.46. The molecule has 0 amide bonds. The van der Waals surface area contributed by atoms with Crippen molar-refractivity contribution in [2.24, 2.45) is 11.0 Å². The summed E-state index contributed by atoms with van der Waals surface area (Å²) in [7, 11) is 2.38. The van der Waals surface area contributed by atoms with Gasteiger partial charge in [-0.2, -0.15) is 4.59 Å². The molecule has 2 aliphatic rings.